The van der Waals surface area contributed by atoms with E-state index in [2.05, 4.69) is 0 Å². The lowest BCUT2D eigenvalue weighted by Crippen LogP contribution is -2.26. The van der Waals surface area contributed by atoms with Gasteiger partial charge in [-0.15, -0.1) is 12.4 Å². The summed E-state index contributed by atoms with van der Waals surface area (Å²) in [4.78, 5) is 0. The average Bonchev–Trinajstić information content (AvgIpc) is 1.97. The van der Waals surface area contributed by atoms with Crippen molar-refractivity contribution in [1.82, 2.24) is 0 Å². The maximum absolute atomic E-state index is 9.61. The van der Waals surface area contributed by atoms with Gasteiger partial charge in [0.2, 0.25) is 0 Å². The van der Waals surface area contributed by atoms with Gasteiger partial charge in [0.15, 0.2) is 0 Å². The van der Waals surface area contributed by atoms with Crippen LogP contribution in [0.2, 0.25) is 0 Å². The van der Waals surface area contributed by atoms with Crippen molar-refractivity contribution in [3.63, 3.8) is 0 Å². The molecule has 5 heteroatoms. The molecule has 5 N–H and O–H groups in total. The summed E-state index contributed by atoms with van der Waals surface area (Å²) >= 11 is 0. The zero-order valence-corrected chi connectivity index (χ0v) is 9.57. The normalized spacial score (nSPS) is 17.3. The average molecular weight is 246 g/mol. The Morgan fingerprint density at radius 1 is 1.12 bits per heavy atom. The molecule has 0 saturated heterocycles. The molecule has 4 nitrogen and oxygen atoms in total. The molecule has 0 spiro atoms. The molecule has 0 bridgehead atoms. The third-order valence-electron chi connectivity index (χ3n) is 3.11. The quantitative estimate of drug-likeness (QED) is 0.642. The number of benzene rings is 1. The lowest BCUT2D eigenvalue weighted by Gasteiger charge is -2.32. The van der Waals surface area contributed by atoms with Crippen LogP contribution in [0.15, 0.2) is 12.1 Å². The monoisotopic (exact) mass is 245 g/mol. The number of nitrogens with two attached hydrogens (primary N) is 1. The third-order valence-corrected chi connectivity index (χ3v) is 3.11. The van der Waals surface area contributed by atoms with E-state index in [9.17, 15) is 10.2 Å². The van der Waals surface area contributed by atoms with Crippen LogP contribution >= 0.6 is 12.4 Å². The maximum atomic E-state index is 9.61. The van der Waals surface area contributed by atoms with Gasteiger partial charge in [-0.25, -0.2) is 0 Å². The molecule has 0 unspecified atom stereocenters. The summed E-state index contributed by atoms with van der Waals surface area (Å²) in [5, 5.41) is 28.4. The molecule has 1 aliphatic carbocycles. The van der Waals surface area contributed by atoms with Crippen LogP contribution in [-0.2, 0) is 0 Å². The fraction of sp³-hybridized carbons (Fsp3) is 0.455. The van der Waals surface area contributed by atoms with E-state index < -0.39 is 0 Å². The molecule has 0 heterocycles. The second-order valence-corrected chi connectivity index (χ2v) is 4.11. The van der Waals surface area contributed by atoms with E-state index in [1.54, 1.807) is 0 Å². The van der Waals surface area contributed by atoms with Gasteiger partial charge in [-0.05, 0) is 18.8 Å². The molecule has 1 saturated carbocycles. The fourth-order valence-corrected chi connectivity index (χ4v) is 1.98. The van der Waals surface area contributed by atoms with Crippen LogP contribution in [0.25, 0.3) is 0 Å². The number of hydrogen-bond donors (Lipinski definition) is 4. The second-order valence-electron chi connectivity index (χ2n) is 4.11. The second kappa shape index (κ2) is 4.80. The number of phenolic OH excluding ortho intramolecular Hbond substituents is 3. The van der Waals surface area contributed by atoms with Crippen molar-refractivity contribution in [3.8, 4) is 17.2 Å². The van der Waals surface area contributed by atoms with Gasteiger partial charge in [0.05, 0.1) is 5.56 Å². The molecule has 0 radical (unpaired) electrons. The molecular formula is C11H16ClNO3. The van der Waals surface area contributed by atoms with Gasteiger partial charge in [-0.3, -0.25) is 0 Å². The molecule has 0 aliphatic heterocycles. The highest BCUT2D eigenvalue weighted by Gasteiger charge is 2.29. The largest absolute Gasteiger partial charge is 0.508 e. The van der Waals surface area contributed by atoms with Crippen LogP contribution in [-0.4, -0.2) is 15.3 Å². The summed E-state index contributed by atoms with van der Waals surface area (Å²) in [6.07, 6.45) is 3.21. The molecule has 1 aromatic rings. The van der Waals surface area contributed by atoms with Crippen LogP contribution in [0.3, 0.4) is 0 Å². The van der Waals surface area contributed by atoms with Gasteiger partial charge < -0.3 is 21.1 Å². The van der Waals surface area contributed by atoms with Crippen molar-refractivity contribution in [2.75, 3.05) is 0 Å². The molecule has 90 valence electrons. The topological polar surface area (TPSA) is 86.7 Å². The van der Waals surface area contributed by atoms with Crippen LogP contribution in [0, 0.1) is 5.92 Å². The zero-order chi connectivity index (χ0) is 11.0. The summed E-state index contributed by atoms with van der Waals surface area (Å²) in [5.74, 6) is -0.0975. The summed E-state index contributed by atoms with van der Waals surface area (Å²) < 4.78 is 0. The number of hydrogen-bond acceptors (Lipinski definition) is 4. The number of rotatable bonds is 2. The first-order valence-corrected chi connectivity index (χ1v) is 5.10. The van der Waals surface area contributed by atoms with E-state index in [0.29, 0.717) is 11.5 Å². The Bertz CT molecular complexity index is 356. The molecular weight excluding hydrogens is 230 g/mol. The lowest BCUT2D eigenvalue weighted by atomic mass is 9.77. The maximum Gasteiger partial charge on any atom is 0.127 e. The van der Waals surface area contributed by atoms with Gasteiger partial charge in [0, 0.05) is 18.2 Å². The van der Waals surface area contributed by atoms with Crippen LogP contribution in [0.4, 0.5) is 0 Å². The summed E-state index contributed by atoms with van der Waals surface area (Å²) in [6.45, 7) is 0. The molecule has 1 fully saturated rings. The van der Waals surface area contributed by atoms with Crippen LogP contribution in [0.1, 0.15) is 30.9 Å². The molecule has 0 aromatic heterocycles. The smallest absolute Gasteiger partial charge is 0.127 e. The molecule has 0 amide bonds. The predicted molar refractivity (Wildman–Crippen MR) is 63.0 cm³/mol. The Kier molecular flexibility index (Phi) is 3.88. The standard InChI is InChI=1S/C11H15NO3.ClH/c12-11(6-2-1-3-6)10-8(14)4-7(13)5-9(10)15;/h4-6,11,13-15H,1-3,12H2;1H/t11-;/m0./s1. The first-order valence-electron chi connectivity index (χ1n) is 5.10. The Hall–Kier alpha value is -1.13. The van der Waals surface area contributed by atoms with Crippen molar-refractivity contribution in [2.24, 2.45) is 11.7 Å². The van der Waals surface area contributed by atoms with E-state index in [1.807, 2.05) is 0 Å². The highest BCUT2D eigenvalue weighted by molar-refractivity contribution is 5.85. The molecule has 1 aromatic carbocycles. The molecule has 2 rings (SSSR count). The molecule has 1 atom stereocenters. The van der Waals surface area contributed by atoms with Crippen LogP contribution in [0.5, 0.6) is 17.2 Å². The number of aromatic hydroxyl groups is 3. The Balaban J connectivity index is 0.00000128. The number of phenols is 3. The third kappa shape index (κ3) is 2.18. The summed E-state index contributed by atoms with van der Waals surface area (Å²) in [7, 11) is 0. The minimum absolute atomic E-state index is 0. The SMILES string of the molecule is Cl.N[C@H](c1c(O)cc(O)cc1O)C1CCC1. The lowest BCUT2D eigenvalue weighted by molar-refractivity contribution is 0.255. The Labute approximate surface area is 100 Å². The summed E-state index contributed by atoms with van der Waals surface area (Å²) in [6, 6.07) is 2.06. The number of halogens is 1. The Morgan fingerprint density at radius 2 is 1.62 bits per heavy atom. The highest BCUT2D eigenvalue weighted by atomic mass is 35.5. The first kappa shape index (κ1) is 12.9. The van der Waals surface area contributed by atoms with Gasteiger partial charge in [-0.2, -0.15) is 0 Å². The van der Waals surface area contributed by atoms with E-state index >= 15 is 0 Å². The van der Waals surface area contributed by atoms with Gasteiger partial charge in [0.1, 0.15) is 17.2 Å². The van der Waals surface area contributed by atoms with E-state index in [0.717, 1.165) is 19.3 Å². The first-order chi connectivity index (χ1) is 7.09. The zero-order valence-electron chi connectivity index (χ0n) is 8.76. The predicted octanol–water partition coefficient (Wildman–Crippen LogP) is 2.03. The minimum Gasteiger partial charge on any atom is -0.508 e. The van der Waals surface area contributed by atoms with Crippen molar-refractivity contribution in [3.05, 3.63) is 17.7 Å². The van der Waals surface area contributed by atoms with Crippen molar-refractivity contribution in [1.29, 1.82) is 0 Å². The van der Waals surface area contributed by atoms with Crippen molar-refractivity contribution >= 4 is 12.4 Å². The molecule has 16 heavy (non-hydrogen) atoms. The summed E-state index contributed by atoms with van der Waals surface area (Å²) in [5.41, 5.74) is 6.30. The van der Waals surface area contributed by atoms with Gasteiger partial charge in [0.25, 0.3) is 0 Å². The van der Waals surface area contributed by atoms with Gasteiger partial charge in [-0.1, -0.05) is 6.42 Å². The van der Waals surface area contributed by atoms with Gasteiger partial charge >= 0.3 is 0 Å². The van der Waals surface area contributed by atoms with E-state index in [-0.39, 0.29) is 35.7 Å². The van der Waals surface area contributed by atoms with Crippen molar-refractivity contribution < 1.29 is 15.3 Å². The fourth-order valence-electron chi connectivity index (χ4n) is 1.98. The minimum atomic E-state index is -0.348. The highest BCUT2D eigenvalue weighted by Crippen LogP contribution is 2.43. The van der Waals surface area contributed by atoms with E-state index in [1.165, 1.54) is 12.1 Å². The van der Waals surface area contributed by atoms with Crippen LogP contribution < -0.4 is 5.73 Å². The Morgan fingerprint density at radius 3 is 2.00 bits per heavy atom. The van der Waals surface area contributed by atoms with Crippen molar-refractivity contribution in [2.45, 2.75) is 25.3 Å². The molecule has 1 aliphatic rings. The van der Waals surface area contributed by atoms with E-state index in [4.69, 9.17) is 10.8 Å².